The lowest BCUT2D eigenvalue weighted by atomic mass is 9.89. The molecule has 1 nitrogen and oxygen atoms in total. The maximum atomic E-state index is 5.24. The summed E-state index contributed by atoms with van der Waals surface area (Å²) in [5, 5.41) is 11.3. The smallest absolute Gasteiger partial charge is 0.0794 e. The molecule has 148 valence electrons. The van der Waals surface area contributed by atoms with Crippen LogP contribution in [0.25, 0.3) is 65.3 Å². The second kappa shape index (κ2) is 6.63. The molecule has 0 bridgehead atoms. The van der Waals surface area contributed by atoms with E-state index in [-0.39, 0.29) is 0 Å². The summed E-state index contributed by atoms with van der Waals surface area (Å²) in [6.45, 7) is 0. The minimum absolute atomic E-state index is 1.03. The summed E-state index contributed by atoms with van der Waals surface area (Å²) < 4.78 is 0. The molecule has 0 N–H and O–H groups in total. The maximum absolute atomic E-state index is 5.24. The zero-order valence-corrected chi connectivity index (χ0v) is 17.4. The molecule has 0 aliphatic carbocycles. The summed E-state index contributed by atoms with van der Waals surface area (Å²) in [6.07, 6.45) is 0. The molecule has 0 amide bonds. The number of nitrogens with zero attached hydrogens (tertiary/aromatic N) is 1. The van der Waals surface area contributed by atoms with Crippen LogP contribution in [0, 0.1) is 0 Å². The van der Waals surface area contributed by atoms with Gasteiger partial charge in [-0.25, -0.2) is 4.98 Å². The van der Waals surface area contributed by atoms with Gasteiger partial charge in [0.05, 0.1) is 11.2 Å². The fourth-order valence-corrected chi connectivity index (χ4v) is 5.17. The van der Waals surface area contributed by atoms with E-state index in [9.17, 15) is 0 Å². The van der Waals surface area contributed by atoms with Crippen molar-refractivity contribution in [3.63, 3.8) is 0 Å². The molecule has 0 spiro atoms. The van der Waals surface area contributed by atoms with Gasteiger partial charge in [-0.15, -0.1) is 0 Å². The van der Waals surface area contributed by atoms with Crippen LogP contribution in [-0.2, 0) is 0 Å². The van der Waals surface area contributed by atoms with E-state index < -0.39 is 0 Å². The molecule has 7 aromatic rings. The Hall–Kier alpha value is -4.23. The Labute approximate surface area is 185 Å². The van der Waals surface area contributed by atoms with Crippen LogP contribution in [0.15, 0.2) is 115 Å². The number of aromatic nitrogens is 1. The fraction of sp³-hybridized carbons (Fsp3) is 0. The molecule has 0 aliphatic heterocycles. The molecule has 0 aliphatic rings. The Morgan fingerprint density at radius 1 is 0.406 bits per heavy atom. The van der Waals surface area contributed by atoms with E-state index in [0.717, 1.165) is 16.8 Å². The Balaban J connectivity index is 1.77. The lowest BCUT2D eigenvalue weighted by molar-refractivity contribution is 1.44. The van der Waals surface area contributed by atoms with Gasteiger partial charge >= 0.3 is 0 Å². The number of pyridine rings is 1. The Bertz CT molecular complexity index is 1830. The van der Waals surface area contributed by atoms with Gasteiger partial charge in [-0.2, -0.15) is 0 Å². The van der Waals surface area contributed by atoms with Crippen molar-refractivity contribution in [2.24, 2.45) is 0 Å². The third-order valence-corrected chi connectivity index (χ3v) is 6.60. The molecule has 0 unspecified atom stereocenters. The lowest BCUT2D eigenvalue weighted by Gasteiger charge is -2.16. The largest absolute Gasteiger partial charge is 0.247 e. The summed E-state index contributed by atoms with van der Waals surface area (Å²) in [4.78, 5) is 5.24. The van der Waals surface area contributed by atoms with Crippen molar-refractivity contribution in [1.82, 2.24) is 4.98 Å². The van der Waals surface area contributed by atoms with Crippen LogP contribution in [0.1, 0.15) is 0 Å². The van der Waals surface area contributed by atoms with E-state index in [1.807, 2.05) is 0 Å². The van der Waals surface area contributed by atoms with E-state index >= 15 is 0 Å². The summed E-state index contributed by atoms with van der Waals surface area (Å²) in [7, 11) is 0. The summed E-state index contributed by atoms with van der Waals surface area (Å²) >= 11 is 0. The highest BCUT2D eigenvalue weighted by atomic mass is 14.7. The Kier molecular flexibility index (Phi) is 3.62. The average molecular weight is 406 g/mol. The third kappa shape index (κ3) is 2.42. The van der Waals surface area contributed by atoms with Gasteiger partial charge in [-0.1, -0.05) is 103 Å². The first-order valence-electron chi connectivity index (χ1n) is 11.0. The van der Waals surface area contributed by atoms with Gasteiger partial charge in [0.15, 0.2) is 0 Å². The minimum Gasteiger partial charge on any atom is -0.247 e. The lowest BCUT2D eigenvalue weighted by Crippen LogP contribution is -1.93. The van der Waals surface area contributed by atoms with Gasteiger partial charge in [-0.05, 0) is 44.5 Å². The SMILES string of the molecule is c1ccc2cc(-c3nc4ccccc4c4c5ccccc5c5ccccc5c34)ccc2c1. The van der Waals surface area contributed by atoms with Crippen molar-refractivity contribution in [2.75, 3.05) is 0 Å². The molecule has 0 saturated heterocycles. The topological polar surface area (TPSA) is 12.9 Å². The van der Waals surface area contributed by atoms with Crippen LogP contribution in [0.2, 0.25) is 0 Å². The highest BCUT2D eigenvalue weighted by Crippen LogP contribution is 2.42. The van der Waals surface area contributed by atoms with Crippen LogP contribution in [0.5, 0.6) is 0 Å². The van der Waals surface area contributed by atoms with Crippen LogP contribution < -0.4 is 0 Å². The highest BCUT2D eigenvalue weighted by molar-refractivity contribution is 6.33. The van der Waals surface area contributed by atoms with Gasteiger partial charge in [0, 0.05) is 21.7 Å². The molecule has 1 heterocycles. The van der Waals surface area contributed by atoms with Gasteiger partial charge in [0.25, 0.3) is 0 Å². The van der Waals surface area contributed by atoms with Crippen LogP contribution in [0.3, 0.4) is 0 Å². The number of benzene rings is 6. The molecule has 0 radical (unpaired) electrons. The second-order valence-corrected chi connectivity index (χ2v) is 8.38. The molecule has 7 rings (SSSR count). The van der Waals surface area contributed by atoms with Gasteiger partial charge in [0.2, 0.25) is 0 Å². The molecule has 1 aromatic heterocycles. The molecular formula is C31H19N. The zero-order valence-electron chi connectivity index (χ0n) is 17.4. The maximum Gasteiger partial charge on any atom is 0.0794 e. The van der Waals surface area contributed by atoms with E-state index in [1.54, 1.807) is 0 Å². The van der Waals surface area contributed by atoms with Gasteiger partial charge in [-0.3, -0.25) is 0 Å². The number of para-hydroxylation sites is 1. The quantitative estimate of drug-likeness (QED) is 0.249. The van der Waals surface area contributed by atoms with E-state index in [4.69, 9.17) is 4.98 Å². The predicted octanol–water partition coefficient (Wildman–Crippen LogP) is 8.51. The number of fused-ring (bicyclic) bond motifs is 9. The van der Waals surface area contributed by atoms with Crippen molar-refractivity contribution < 1.29 is 0 Å². The van der Waals surface area contributed by atoms with Gasteiger partial charge in [0.1, 0.15) is 0 Å². The standard InChI is InChI=1S/C31H19N/c1-2-10-21-19-22(18-17-20(21)9-1)31-30-26-14-6-4-12-24(26)23-11-3-5-13-25(23)29(30)27-15-7-8-16-28(27)32-31/h1-19H. The summed E-state index contributed by atoms with van der Waals surface area (Å²) in [6, 6.07) is 41.2. The van der Waals surface area contributed by atoms with Crippen LogP contribution in [-0.4, -0.2) is 4.98 Å². The average Bonchev–Trinajstić information content (AvgIpc) is 2.87. The molecule has 1 heteroatoms. The number of hydrogen-bond donors (Lipinski definition) is 0. The van der Waals surface area contributed by atoms with Crippen LogP contribution in [0.4, 0.5) is 0 Å². The molecule has 6 aromatic carbocycles. The molecule has 32 heavy (non-hydrogen) atoms. The van der Waals surface area contributed by atoms with Crippen molar-refractivity contribution in [1.29, 1.82) is 0 Å². The normalized spacial score (nSPS) is 11.8. The monoisotopic (exact) mass is 405 g/mol. The van der Waals surface area contributed by atoms with E-state index in [0.29, 0.717) is 0 Å². The Morgan fingerprint density at radius 2 is 0.969 bits per heavy atom. The van der Waals surface area contributed by atoms with Crippen molar-refractivity contribution in [2.45, 2.75) is 0 Å². The van der Waals surface area contributed by atoms with Crippen molar-refractivity contribution in [3.8, 4) is 11.3 Å². The minimum atomic E-state index is 1.03. The predicted molar refractivity (Wildman–Crippen MR) is 137 cm³/mol. The molecule has 0 atom stereocenters. The molecular weight excluding hydrogens is 386 g/mol. The van der Waals surface area contributed by atoms with Gasteiger partial charge < -0.3 is 0 Å². The first-order valence-corrected chi connectivity index (χ1v) is 11.0. The number of hydrogen-bond acceptors (Lipinski definition) is 1. The second-order valence-electron chi connectivity index (χ2n) is 8.38. The first kappa shape index (κ1) is 17.5. The molecule has 0 saturated carbocycles. The Morgan fingerprint density at radius 3 is 1.72 bits per heavy atom. The zero-order chi connectivity index (χ0) is 21.1. The van der Waals surface area contributed by atoms with Crippen molar-refractivity contribution in [3.05, 3.63) is 115 Å². The number of rotatable bonds is 1. The van der Waals surface area contributed by atoms with Crippen molar-refractivity contribution >= 4 is 54.0 Å². The first-order chi connectivity index (χ1) is 15.9. The van der Waals surface area contributed by atoms with E-state index in [2.05, 4.69) is 115 Å². The summed E-state index contributed by atoms with van der Waals surface area (Å²) in [5.41, 5.74) is 3.23. The van der Waals surface area contributed by atoms with Crippen LogP contribution >= 0.6 is 0 Å². The highest BCUT2D eigenvalue weighted by Gasteiger charge is 2.17. The van der Waals surface area contributed by atoms with E-state index in [1.165, 1.54) is 48.5 Å². The molecule has 0 fully saturated rings. The summed E-state index contributed by atoms with van der Waals surface area (Å²) in [5.74, 6) is 0. The third-order valence-electron chi connectivity index (χ3n) is 6.60. The fourth-order valence-electron chi connectivity index (χ4n) is 5.17.